The molecule has 5 heteroatoms. The van der Waals surface area contributed by atoms with Crippen LogP contribution < -0.4 is 0 Å². The van der Waals surface area contributed by atoms with Crippen LogP contribution in [-0.4, -0.2) is 19.3 Å². The molecule has 3 rings (SSSR count). The summed E-state index contributed by atoms with van der Waals surface area (Å²) in [6, 6.07) is 0. The van der Waals surface area contributed by atoms with E-state index in [1.807, 2.05) is 6.92 Å². The molecule has 0 aliphatic heterocycles. The molecule has 0 aromatic carbocycles. The van der Waals surface area contributed by atoms with Crippen molar-refractivity contribution >= 4 is 22.8 Å². The molecule has 0 spiro atoms. The summed E-state index contributed by atoms with van der Waals surface area (Å²) in [5.74, 6) is 1.46. The van der Waals surface area contributed by atoms with Gasteiger partial charge in [-0.2, -0.15) is 5.10 Å². The molecule has 1 aliphatic carbocycles. The lowest BCUT2D eigenvalue weighted by Gasteiger charge is -2.42. The second kappa shape index (κ2) is 5.06. The first kappa shape index (κ1) is 13.9. The monoisotopic (exact) mass is 294 g/mol. The molecule has 0 unspecified atom stereocenters. The summed E-state index contributed by atoms with van der Waals surface area (Å²) >= 11 is 6.13. The Morgan fingerprint density at radius 1 is 1.30 bits per heavy atom. The number of nitrogens with zero attached hydrogens (tertiary/aromatic N) is 4. The van der Waals surface area contributed by atoms with Crippen LogP contribution in [0.2, 0.25) is 0 Å². The van der Waals surface area contributed by atoms with Crippen LogP contribution in [0.25, 0.3) is 11.2 Å². The van der Waals surface area contributed by atoms with Crippen LogP contribution in [0.1, 0.15) is 51.0 Å². The third-order valence-corrected chi connectivity index (χ3v) is 5.19. The molecule has 0 amide bonds. The van der Waals surface area contributed by atoms with E-state index in [9.17, 15) is 0 Å². The average Bonchev–Trinajstić information content (AvgIpc) is 2.92. The van der Waals surface area contributed by atoms with Crippen molar-refractivity contribution in [1.29, 1.82) is 0 Å². The number of halogens is 1. The topological polar surface area (TPSA) is 35.6 Å². The van der Waals surface area contributed by atoms with Gasteiger partial charge in [0.25, 0.3) is 0 Å². The Balaban J connectivity index is 2.11. The van der Waals surface area contributed by atoms with E-state index in [4.69, 9.17) is 16.6 Å². The number of aryl methyl sites for hydroxylation is 2. The largest absolute Gasteiger partial charge is 0.311 e. The maximum absolute atomic E-state index is 6.13. The summed E-state index contributed by atoms with van der Waals surface area (Å²) in [5.41, 5.74) is 3.63. The summed E-state index contributed by atoms with van der Waals surface area (Å²) in [6.45, 7) is 8.37. The van der Waals surface area contributed by atoms with E-state index in [-0.39, 0.29) is 0 Å². The van der Waals surface area contributed by atoms with Crippen LogP contribution >= 0.6 is 11.6 Å². The second-order valence-corrected chi connectivity index (χ2v) is 6.30. The van der Waals surface area contributed by atoms with Crippen molar-refractivity contribution in [3.8, 4) is 0 Å². The Labute approximate surface area is 125 Å². The van der Waals surface area contributed by atoms with Gasteiger partial charge >= 0.3 is 0 Å². The summed E-state index contributed by atoms with van der Waals surface area (Å²) in [5, 5.41) is 4.59. The van der Waals surface area contributed by atoms with Gasteiger partial charge in [0, 0.05) is 13.1 Å². The lowest BCUT2D eigenvalue weighted by atomic mass is 9.67. The number of fused-ring (bicyclic) bond motifs is 1. The molecule has 1 fully saturated rings. The predicted octanol–water partition coefficient (Wildman–Crippen LogP) is 3.88. The molecule has 1 aliphatic rings. The van der Waals surface area contributed by atoms with Crippen LogP contribution in [0.4, 0.5) is 0 Å². The van der Waals surface area contributed by atoms with E-state index in [2.05, 4.69) is 28.2 Å². The molecule has 0 bridgehead atoms. The van der Waals surface area contributed by atoms with Crippen molar-refractivity contribution in [2.75, 3.05) is 0 Å². The van der Waals surface area contributed by atoms with Crippen molar-refractivity contribution in [3.63, 3.8) is 0 Å². The molecular weight excluding hydrogens is 272 g/mol. The van der Waals surface area contributed by atoms with Gasteiger partial charge in [0.1, 0.15) is 11.3 Å². The first-order valence-electron chi connectivity index (χ1n) is 7.62. The minimum Gasteiger partial charge on any atom is -0.311 e. The maximum atomic E-state index is 6.13. The third kappa shape index (κ3) is 1.96. The number of rotatable bonds is 5. The van der Waals surface area contributed by atoms with Gasteiger partial charge in [-0.05, 0) is 38.5 Å². The highest BCUT2D eigenvalue weighted by Crippen LogP contribution is 2.46. The summed E-state index contributed by atoms with van der Waals surface area (Å²) in [7, 11) is 0. The van der Waals surface area contributed by atoms with E-state index >= 15 is 0 Å². The zero-order chi connectivity index (χ0) is 14.3. The molecule has 20 heavy (non-hydrogen) atoms. The highest BCUT2D eigenvalue weighted by molar-refractivity contribution is 6.16. The van der Waals surface area contributed by atoms with E-state index in [1.54, 1.807) is 0 Å². The molecule has 2 aromatic rings. The molecule has 4 nitrogen and oxygen atoms in total. The van der Waals surface area contributed by atoms with Gasteiger partial charge in [-0.1, -0.05) is 13.3 Å². The van der Waals surface area contributed by atoms with Crippen LogP contribution in [0, 0.1) is 12.3 Å². The molecule has 110 valence electrons. The molecule has 0 saturated heterocycles. The van der Waals surface area contributed by atoms with Gasteiger partial charge in [0.05, 0.1) is 11.6 Å². The summed E-state index contributed by atoms with van der Waals surface area (Å²) in [6.07, 6.45) is 5.23. The van der Waals surface area contributed by atoms with Gasteiger partial charge in [0.15, 0.2) is 5.65 Å². The quantitative estimate of drug-likeness (QED) is 0.785. The number of hydrogen-bond acceptors (Lipinski definition) is 2. The van der Waals surface area contributed by atoms with Gasteiger partial charge < -0.3 is 4.57 Å². The van der Waals surface area contributed by atoms with Crippen molar-refractivity contribution < 1.29 is 0 Å². The van der Waals surface area contributed by atoms with Gasteiger partial charge in [-0.15, -0.1) is 11.6 Å². The first-order valence-corrected chi connectivity index (χ1v) is 8.16. The summed E-state index contributed by atoms with van der Waals surface area (Å²) < 4.78 is 4.39. The average molecular weight is 295 g/mol. The number of hydrogen-bond donors (Lipinski definition) is 0. The molecule has 0 radical (unpaired) electrons. The SMILES string of the molecule is CCn1nc(C)c2nc(CCl)n(CC3(CC)CCC3)c21. The Hall–Kier alpha value is -1.03. The van der Waals surface area contributed by atoms with E-state index < -0.39 is 0 Å². The minimum absolute atomic E-state index is 0.450. The van der Waals surface area contributed by atoms with Crippen molar-refractivity contribution in [2.45, 2.75) is 65.4 Å². The molecule has 0 atom stereocenters. The smallest absolute Gasteiger partial charge is 0.158 e. The second-order valence-electron chi connectivity index (χ2n) is 6.03. The fourth-order valence-corrected chi connectivity index (χ4v) is 3.60. The van der Waals surface area contributed by atoms with Gasteiger partial charge in [-0.25, -0.2) is 9.67 Å². The van der Waals surface area contributed by atoms with E-state index in [1.165, 1.54) is 25.7 Å². The standard InChI is InChI=1S/C15H23ClN4/c1-4-15(7-6-8-15)10-19-12(9-16)17-13-11(3)18-20(5-2)14(13)19/h4-10H2,1-3H3. The normalized spacial score (nSPS) is 17.6. The van der Waals surface area contributed by atoms with Crippen molar-refractivity contribution in [1.82, 2.24) is 19.3 Å². The van der Waals surface area contributed by atoms with Gasteiger partial charge in [0.2, 0.25) is 0 Å². The van der Waals surface area contributed by atoms with Gasteiger partial charge in [-0.3, -0.25) is 0 Å². The van der Waals surface area contributed by atoms with E-state index in [0.717, 1.165) is 35.8 Å². The highest BCUT2D eigenvalue weighted by Gasteiger charge is 2.36. The molecular formula is C15H23ClN4. The van der Waals surface area contributed by atoms with Crippen molar-refractivity contribution in [3.05, 3.63) is 11.5 Å². The Morgan fingerprint density at radius 2 is 2.05 bits per heavy atom. The van der Waals surface area contributed by atoms with Crippen LogP contribution in [0.15, 0.2) is 0 Å². The molecule has 2 aromatic heterocycles. The number of imidazole rings is 1. The Bertz CT molecular complexity index is 616. The predicted molar refractivity (Wildman–Crippen MR) is 82.1 cm³/mol. The fourth-order valence-electron chi connectivity index (χ4n) is 3.39. The zero-order valence-electron chi connectivity index (χ0n) is 12.6. The maximum Gasteiger partial charge on any atom is 0.158 e. The Kier molecular flexibility index (Phi) is 3.53. The Morgan fingerprint density at radius 3 is 2.55 bits per heavy atom. The molecule has 2 heterocycles. The van der Waals surface area contributed by atoms with E-state index in [0.29, 0.717) is 11.3 Å². The molecule has 0 N–H and O–H groups in total. The van der Waals surface area contributed by atoms with Crippen LogP contribution in [-0.2, 0) is 19.0 Å². The lowest BCUT2D eigenvalue weighted by Crippen LogP contribution is -2.34. The first-order chi connectivity index (χ1) is 9.64. The molecule has 1 saturated carbocycles. The lowest BCUT2D eigenvalue weighted by molar-refractivity contribution is 0.100. The minimum atomic E-state index is 0.450. The van der Waals surface area contributed by atoms with Crippen LogP contribution in [0.3, 0.4) is 0 Å². The fraction of sp³-hybridized carbons (Fsp3) is 0.733. The number of alkyl halides is 1. The summed E-state index contributed by atoms with van der Waals surface area (Å²) in [4.78, 5) is 4.72. The van der Waals surface area contributed by atoms with Crippen LogP contribution in [0.5, 0.6) is 0 Å². The number of aromatic nitrogens is 4. The highest BCUT2D eigenvalue weighted by atomic mass is 35.5. The van der Waals surface area contributed by atoms with Crippen molar-refractivity contribution in [2.24, 2.45) is 5.41 Å². The zero-order valence-corrected chi connectivity index (χ0v) is 13.4. The third-order valence-electron chi connectivity index (χ3n) is 4.95.